The average molecular weight is 275 g/mol. The molecule has 0 aromatic carbocycles. The molecule has 2 N–H and O–H groups in total. The van der Waals surface area contributed by atoms with E-state index in [1.165, 1.54) is 38.5 Å². The summed E-state index contributed by atoms with van der Waals surface area (Å²) in [5, 5.41) is 4.09. The largest absolute Gasteiger partial charge is 0.339 e. The van der Waals surface area contributed by atoms with Crippen LogP contribution in [0.3, 0.4) is 0 Å². The third kappa shape index (κ3) is 2.28. The SMILES string of the molecule is CC(N)Cc1noc(CC23CC4CC(CC(C4)C2)C3)n1. The minimum absolute atomic E-state index is 0.0972. The van der Waals surface area contributed by atoms with Gasteiger partial charge in [-0.05, 0) is 68.6 Å². The summed E-state index contributed by atoms with van der Waals surface area (Å²) >= 11 is 0. The summed E-state index contributed by atoms with van der Waals surface area (Å²) < 4.78 is 5.49. The van der Waals surface area contributed by atoms with Gasteiger partial charge in [0.05, 0.1) is 0 Å². The van der Waals surface area contributed by atoms with Crippen molar-refractivity contribution in [3.05, 3.63) is 11.7 Å². The van der Waals surface area contributed by atoms with Gasteiger partial charge in [0.1, 0.15) is 0 Å². The van der Waals surface area contributed by atoms with Crippen LogP contribution in [0.1, 0.15) is 57.2 Å². The van der Waals surface area contributed by atoms with Crippen molar-refractivity contribution in [3.63, 3.8) is 0 Å². The standard InChI is InChI=1S/C16H25N3O/c1-10(17)2-14-18-15(20-19-14)9-16-6-11-3-12(7-16)5-13(4-11)8-16/h10-13H,2-9,17H2,1H3. The van der Waals surface area contributed by atoms with Crippen molar-refractivity contribution in [1.29, 1.82) is 0 Å². The molecule has 4 bridgehead atoms. The molecule has 1 aromatic heterocycles. The first kappa shape index (κ1) is 12.8. The van der Waals surface area contributed by atoms with Crippen LogP contribution in [0.25, 0.3) is 0 Å². The lowest BCUT2D eigenvalue weighted by atomic mass is 9.49. The van der Waals surface area contributed by atoms with Crippen LogP contribution in [-0.4, -0.2) is 16.2 Å². The molecule has 20 heavy (non-hydrogen) atoms. The Bertz CT molecular complexity index is 458. The lowest BCUT2D eigenvalue weighted by molar-refractivity contribution is -0.0556. The second-order valence-corrected chi connectivity index (χ2v) is 7.88. The molecular weight excluding hydrogens is 250 g/mol. The van der Waals surface area contributed by atoms with Crippen molar-refractivity contribution in [1.82, 2.24) is 10.1 Å². The minimum atomic E-state index is 0.0972. The van der Waals surface area contributed by atoms with E-state index >= 15 is 0 Å². The quantitative estimate of drug-likeness (QED) is 0.917. The molecule has 110 valence electrons. The highest BCUT2D eigenvalue weighted by Gasteiger charge is 2.51. The Morgan fingerprint density at radius 3 is 2.35 bits per heavy atom. The molecular formula is C16H25N3O. The molecule has 4 nitrogen and oxygen atoms in total. The second kappa shape index (κ2) is 4.55. The average Bonchev–Trinajstić information content (AvgIpc) is 2.72. The van der Waals surface area contributed by atoms with E-state index in [1.54, 1.807) is 0 Å². The minimum Gasteiger partial charge on any atom is -0.339 e. The maximum absolute atomic E-state index is 5.80. The predicted molar refractivity (Wildman–Crippen MR) is 76.0 cm³/mol. The molecule has 0 amide bonds. The van der Waals surface area contributed by atoms with E-state index in [9.17, 15) is 0 Å². The summed E-state index contributed by atoms with van der Waals surface area (Å²) in [6.45, 7) is 1.98. The van der Waals surface area contributed by atoms with Crippen LogP contribution in [0.2, 0.25) is 0 Å². The molecule has 1 aromatic rings. The first-order valence-electron chi connectivity index (χ1n) is 8.17. The van der Waals surface area contributed by atoms with E-state index in [-0.39, 0.29) is 6.04 Å². The van der Waals surface area contributed by atoms with Crippen LogP contribution in [0.5, 0.6) is 0 Å². The monoisotopic (exact) mass is 275 g/mol. The summed E-state index contributed by atoms with van der Waals surface area (Å²) in [5.74, 6) is 4.57. The van der Waals surface area contributed by atoms with Crippen molar-refractivity contribution in [2.24, 2.45) is 28.9 Å². The van der Waals surface area contributed by atoms with Gasteiger partial charge in [-0.1, -0.05) is 5.16 Å². The number of aromatic nitrogens is 2. The number of nitrogens with two attached hydrogens (primary N) is 1. The van der Waals surface area contributed by atoms with E-state index in [0.29, 0.717) is 11.8 Å². The smallest absolute Gasteiger partial charge is 0.227 e. The fraction of sp³-hybridized carbons (Fsp3) is 0.875. The molecule has 4 aliphatic carbocycles. The van der Waals surface area contributed by atoms with Crippen molar-refractivity contribution in [2.75, 3.05) is 0 Å². The van der Waals surface area contributed by atoms with Crippen molar-refractivity contribution >= 4 is 0 Å². The van der Waals surface area contributed by atoms with Gasteiger partial charge in [-0.2, -0.15) is 4.98 Å². The van der Waals surface area contributed by atoms with Crippen LogP contribution in [-0.2, 0) is 12.8 Å². The highest BCUT2D eigenvalue weighted by molar-refractivity contribution is 5.05. The van der Waals surface area contributed by atoms with Crippen molar-refractivity contribution in [2.45, 2.75) is 64.3 Å². The lowest BCUT2D eigenvalue weighted by Gasteiger charge is -2.56. The van der Waals surface area contributed by atoms with Crippen LogP contribution in [0.4, 0.5) is 0 Å². The Balaban J connectivity index is 1.49. The van der Waals surface area contributed by atoms with E-state index in [2.05, 4.69) is 10.1 Å². The van der Waals surface area contributed by atoms with Gasteiger partial charge in [-0.3, -0.25) is 0 Å². The van der Waals surface area contributed by atoms with E-state index in [0.717, 1.165) is 35.9 Å². The van der Waals surface area contributed by atoms with Gasteiger partial charge in [0.25, 0.3) is 0 Å². The topological polar surface area (TPSA) is 64.9 Å². The third-order valence-electron chi connectivity index (χ3n) is 5.71. The van der Waals surface area contributed by atoms with Gasteiger partial charge >= 0.3 is 0 Å². The fourth-order valence-corrected chi connectivity index (χ4v) is 5.56. The van der Waals surface area contributed by atoms with Crippen LogP contribution in [0.15, 0.2) is 4.52 Å². The highest BCUT2D eigenvalue weighted by atomic mass is 16.5. The van der Waals surface area contributed by atoms with Crippen molar-refractivity contribution < 1.29 is 4.52 Å². The second-order valence-electron chi connectivity index (χ2n) is 7.88. The number of hydrogen-bond acceptors (Lipinski definition) is 4. The molecule has 4 aliphatic rings. The van der Waals surface area contributed by atoms with E-state index < -0.39 is 0 Å². The van der Waals surface area contributed by atoms with Gasteiger partial charge in [0, 0.05) is 18.9 Å². The van der Waals surface area contributed by atoms with Gasteiger partial charge in [-0.25, -0.2) is 0 Å². The Hall–Kier alpha value is -0.900. The molecule has 5 rings (SSSR count). The molecule has 0 radical (unpaired) electrons. The zero-order valence-electron chi connectivity index (χ0n) is 12.3. The summed E-state index contributed by atoms with van der Waals surface area (Å²) in [7, 11) is 0. The molecule has 0 spiro atoms. The molecule has 4 heteroatoms. The number of hydrogen-bond donors (Lipinski definition) is 1. The Morgan fingerprint density at radius 2 is 1.80 bits per heavy atom. The predicted octanol–water partition coefficient (Wildman–Crippen LogP) is 2.72. The normalized spacial score (nSPS) is 40.2. The van der Waals surface area contributed by atoms with E-state index in [1.807, 2.05) is 6.92 Å². The van der Waals surface area contributed by atoms with Crippen LogP contribution >= 0.6 is 0 Å². The molecule has 0 aliphatic heterocycles. The molecule has 1 atom stereocenters. The van der Waals surface area contributed by atoms with Crippen LogP contribution < -0.4 is 5.73 Å². The Kier molecular flexibility index (Phi) is 2.92. The maximum Gasteiger partial charge on any atom is 0.227 e. The van der Waals surface area contributed by atoms with Gasteiger partial charge in [0.15, 0.2) is 5.82 Å². The van der Waals surface area contributed by atoms with Gasteiger partial charge in [0.2, 0.25) is 5.89 Å². The Morgan fingerprint density at radius 1 is 1.20 bits per heavy atom. The zero-order valence-corrected chi connectivity index (χ0v) is 12.3. The Labute approximate surface area is 120 Å². The summed E-state index contributed by atoms with van der Waals surface area (Å²) in [4.78, 5) is 4.57. The van der Waals surface area contributed by atoms with Crippen molar-refractivity contribution in [3.8, 4) is 0 Å². The molecule has 1 unspecified atom stereocenters. The van der Waals surface area contributed by atoms with Crippen LogP contribution in [0, 0.1) is 23.2 Å². The third-order valence-corrected chi connectivity index (χ3v) is 5.71. The van der Waals surface area contributed by atoms with Gasteiger partial charge in [-0.15, -0.1) is 0 Å². The number of rotatable bonds is 4. The first-order chi connectivity index (χ1) is 9.60. The summed E-state index contributed by atoms with van der Waals surface area (Å²) in [6.07, 6.45) is 10.3. The van der Waals surface area contributed by atoms with E-state index in [4.69, 9.17) is 10.3 Å². The molecule has 4 saturated carbocycles. The number of nitrogens with zero attached hydrogens (tertiary/aromatic N) is 2. The molecule has 1 heterocycles. The lowest BCUT2D eigenvalue weighted by Crippen LogP contribution is -2.47. The van der Waals surface area contributed by atoms with Gasteiger partial charge < -0.3 is 10.3 Å². The first-order valence-corrected chi connectivity index (χ1v) is 8.17. The summed E-state index contributed by atoms with van der Waals surface area (Å²) in [5.41, 5.74) is 6.28. The maximum atomic E-state index is 5.80. The molecule has 0 saturated heterocycles. The summed E-state index contributed by atoms with van der Waals surface area (Å²) in [6, 6.07) is 0.0972. The zero-order chi connectivity index (χ0) is 13.7. The highest BCUT2D eigenvalue weighted by Crippen LogP contribution is 2.60. The molecule has 4 fully saturated rings. The fourth-order valence-electron chi connectivity index (χ4n) is 5.56.